The number of carbonyl (C=O) groups excluding carboxylic acids is 5. The highest BCUT2D eigenvalue weighted by atomic mass is 32.2. The molecule has 5 amide bonds. The molecule has 0 spiro atoms. The number of ether oxygens (including phenoxy) is 2. The monoisotopic (exact) mass is 1770 g/mol. The number of benzene rings is 3. The van der Waals surface area contributed by atoms with Gasteiger partial charge in [0.05, 0.1) is 43.2 Å². The number of rotatable bonds is 23. The molecule has 7 aromatic heterocycles. The Balaban J connectivity index is 0.000000250. The maximum atomic E-state index is 12.1. The molecule has 118 heavy (non-hydrogen) atoms. The maximum absolute atomic E-state index is 12.1. The number of nitriles is 1. The van der Waals surface area contributed by atoms with E-state index < -0.39 is 85.4 Å². The number of pyridine rings is 3. The summed E-state index contributed by atoms with van der Waals surface area (Å²) in [4.78, 5) is 147. The molecule has 0 radical (unpaired) electrons. The van der Waals surface area contributed by atoms with Gasteiger partial charge in [-0.05, 0) is 136 Å². The number of amides is 5. The summed E-state index contributed by atoms with van der Waals surface area (Å²) in [6.07, 6.45) is 9.31. The second kappa shape index (κ2) is 48.6. The van der Waals surface area contributed by atoms with Crippen LogP contribution in [0.2, 0.25) is 0 Å². The zero-order valence-electron chi connectivity index (χ0n) is 66.4. The number of aromatic amines is 4. The molecule has 0 bridgehead atoms. The fourth-order valence-corrected chi connectivity index (χ4v) is 14.5. The number of nitrogens with zero attached hydrogens (tertiary/aromatic N) is 9. The molecule has 20 N–H and O–H groups in total. The van der Waals surface area contributed by atoms with Crippen LogP contribution in [0.3, 0.4) is 0 Å². The van der Waals surface area contributed by atoms with Crippen LogP contribution < -0.4 is 77.9 Å². The van der Waals surface area contributed by atoms with Gasteiger partial charge < -0.3 is 80.1 Å². The Morgan fingerprint density at radius 3 is 1.47 bits per heavy atom. The highest BCUT2D eigenvalue weighted by Gasteiger charge is 2.26. The number of nitrogen functional groups attached to an aromatic ring is 1. The number of thioether (sulfide) groups is 6. The average molecular weight is 1770 g/mol. The number of methoxy groups -OCH3 is 1. The minimum absolute atomic E-state index is 0.0116. The third-order valence-corrected chi connectivity index (χ3v) is 21.0. The van der Waals surface area contributed by atoms with Crippen LogP contribution in [0.4, 0.5) is 33.5 Å². The first-order valence-electron chi connectivity index (χ1n) is 35.2. The minimum Gasteiger partial charge on any atom is -0.444 e. The summed E-state index contributed by atoms with van der Waals surface area (Å²) in [6, 6.07) is 30.0. The van der Waals surface area contributed by atoms with E-state index in [2.05, 4.69) is 94.1 Å². The molecule has 628 valence electrons. The van der Waals surface area contributed by atoms with E-state index in [0.29, 0.717) is 49.7 Å². The number of aliphatic imine (C=N–C) groups is 1. The fourth-order valence-electron chi connectivity index (χ4n) is 9.43. The lowest BCUT2D eigenvalue weighted by atomic mass is 10.2. The molecule has 3 unspecified atom stereocenters. The molecule has 11 rings (SSSR count). The van der Waals surface area contributed by atoms with Crippen molar-refractivity contribution in [2.45, 2.75) is 111 Å². The van der Waals surface area contributed by atoms with E-state index in [4.69, 9.17) is 49.1 Å². The van der Waals surface area contributed by atoms with Crippen molar-refractivity contribution < 1.29 is 41.9 Å². The van der Waals surface area contributed by atoms with Crippen molar-refractivity contribution in [3.05, 3.63) is 184 Å². The maximum Gasteiger partial charge on any atom is 0.407 e. The van der Waals surface area contributed by atoms with E-state index in [1.54, 1.807) is 81.0 Å². The number of anilines is 5. The standard InChI is InChI=1S/C16H15N5O3S.C16H15N5O2S.C9H13N3OS2.C9H8N2.C8H11N3O3S2.C8H11N3O2S2.C8H18N2O2/c1-2-25(24)16-20-14(12(13(17)22)15(23)21-16)19-10-5-6-11-9(8-10)4-3-7-18-11;1-2-24-16-20-14(12(13(17)22)15(23)21-16)19-10-5-6-11-9(8-10)4-3-7-18-11;1-4-15-9-11-7(13-2)6(5-10)8(12-9)14-3;10-8-3-4-9-7(6-8)2-1-5-11-9;1-3-15-8-10-6(13)4(5(9)12)7(11-8)16(2)14;1-3-15-8-10-6(13)4(5(9)12)7(11-8)14-2;1-6(5-9)10-7(11)12-8(2,3)4/h3-8H,2H2,1H3,(H2,17,22)(H2,19,20,21,23);3-8H,2H2,1H3,(H2,17,22)(H2,19,20,21,23);7H,4H2,1-3H3,(H,11,12);1-6H,10H2;3H2,1-2H3,(H2,9,12)(H,10,11,13);3H2,1-2H3,(H2,9,12)(H,10,11,13);6H,5,9H2,1-4H3,(H,10,11)/t;;;;;;6-/m......0/s1. The number of hydrogen-bond acceptors (Lipinski definition) is 33. The molecule has 3 aromatic carbocycles. The van der Waals surface area contributed by atoms with Gasteiger partial charge in [0.2, 0.25) is 5.16 Å². The zero-order valence-corrected chi connectivity index (χ0v) is 72.9. The topological polar surface area (TPSA) is 600 Å². The van der Waals surface area contributed by atoms with Gasteiger partial charge in [0.15, 0.2) is 38.5 Å². The number of primary amides is 4. The van der Waals surface area contributed by atoms with Gasteiger partial charge in [-0.15, -0.1) is 23.5 Å². The predicted octanol–water partition coefficient (Wildman–Crippen LogP) is 8.43. The lowest BCUT2D eigenvalue weighted by Gasteiger charge is -2.22. The van der Waals surface area contributed by atoms with Crippen LogP contribution in [0.25, 0.3) is 32.7 Å². The van der Waals surface area contributed by atoms with Crippen molar-refractivity contribution in [2.75, 3.05) is 77.6 Å². The molecule has 1 aliphatic rings. The molecule has 36 nitrogen and oxygen atoms in total. The van der Waals surface area contributed by atoms with Crippen LogP contribution >= 0.6 is 70.6 Å². The van der Waals surface area contributed by atoms with Crippen molar-refractivity contribution >= 4 is 188 Å². The molecule has 10 aromatic rings. The molecular formula is C74H91N23O13S8. The number of aromatic nitrogens is 11. The zero-order chi connectivity index (χ0) is 87.5. The van der Waals surface area contributed by atoms with Crippen molar-refractivity contribution in [3.63, 3.8) is 0 Å². The molecule has 0 fully saturated rings. The van der Waals surface area contributed by atoms with Crippen LogP contribution in [-0.2, 0) is 31.1 Å². The van der Waals surface area contributed by atoms with E-state index in [-0.39, 0.29) is 55.9 Å². The molecule has 8 heterocycles. The largest absolute Gasteiger partial charge is 0.444 e. The third-order valence-electron chi connectivity index (χ3n) is 14.5. The predicted molar refractivity (Wildman–Crippen MR) is 474 cm³/mol. The Kier molecular flexibility index (Phi) is 40.2. The number of amidine groups is 1. The van der Waals surface area contributed by atoms with Crippen molar-refractivity contribution in [2.24, 2.45) is 33.7 Å². The first-order valence-corrected chi connectivity index (χ1v) is 44.5. The van der Waals surface area contributed by atoms with Gasteiger partial charge in [-0.1, -0.05) is 99.9 Å². The van der Waals surface area contributed by atoms with Gasteiger partial charge in [0.1, 0.15) is 49.5 Å². The summed E-state index contributed by atoms with van der Waals surface area (Å²) in [6.45, 7) is 17.2. The molecule has 0 aliphatic carbocycles. The Bertz CT molecular complexity index is 5620. The number of nitrogens with two attached hydrogens (primary N) is 6. The van der Waals surface area contributed by atoms with E-state index in [9.17, 15) is 51.6 Å². The molecule has 4 atom stereocenters. The summed E-state index contributed by atoms with van der Waals surface area (Å²) < 4.78 is 33.5. The quantitative estimate of drug-likeness (QED) is 0.0124. The first-order chi connectivity index (χ1) is 56.1. The molecule has 44 heteroatoms. The third kappa shape index (κ3) is 30.2. The van der Waals surface area contributed by atoms with Gasteiger partial charge >= 0.3 is 6.09 Å². The molecule has 1 aliphatic heterocycles. The second-order valence-electron chi connectivity index (χ2n) is 24.3. The first kappa shape index (κ1) is 97.6. The number of hydrogen-bond donors (Lipinski definition) is 14. The minimum atomic E-state index is -1.53. The molecule has 0 saturated heterocycles. The highest BCUT2D eigenvalue weighted by Crippen LogP contribution is 2.28. The Morgan fingerprint density at radius 2 is 1.04 bits per heavy atom. The van der Waals surface area contributed by atoms with E-state index in [1.165, 1.54) is 65.1 Å². The van der Waals surface area contributed by atoms with E-state index in [0.717, 1.165) is 65.9 Å². The summed E-state index contributed by atoms with van der Waals surface area (Å²) in [7, 11) is -1.45. The number of alkyl carbamates (subject to hydrolysis) is 1. The van der Waals surface area contributed by atoms with Crippen LogP contribution in [-0.4, -0.2) is 177 Å². The smallest absolute Gasteiger partial charge is 0.407 e. The average Bonchev–Trinajstić information content (AvgIpc) is 0.808. The SMILES string of the molecule is CCS(=O)c1nc(Nc2ccc3ncccc3c2)c(C(N)=O)c(=O)[nH]1.CCSC1=NC(OC)C(C#N)=C(SC)N1.CCSc1nc(Nc2ccc3ncccc3c2)c(C(N)=O)c(=O)[nH]1.CCSc1nc(S(C)=O)c(C(N)=O)c(=O)[nH]1.CCSc1nc(SC)c(C(N)=O)c(=O)[nH]1.C[C@@H](CN)NC(=O)OC(C)(C)C.Nc1ccc2ncccc2c1. The summed E-state index contributed by atoms with van der Waals surface area (Å²) in [5.41, 5.74) is 33.1. The van der Waals surface area contributed by atoms with Crippen molar-refractivity contribution in [1.82, 2.24) is 65.5 Å². The summed E-state index contributed by atoms with van der Waals surface area (Å²) >= 11 is 8.40. The number of fused-ring (bicyclic) bond motifs is 3. The molecular weight excluding hydrogens is 1680 g/mol. The van der Waals surface area contributed by atoms with Gasteiger partial charge in [0.25, 0.3) is 45.9 Å². The number of nitrogens with one attached hydrogen (secondary N) is 8. The second-order valence-corrected chi connectivity index (χ2v) is 33.9. The van der Waals surface area contributed by atoms with Gasteiger partial charge in [-0.25, -0.2) is 29.7 Å². The lowest BCUT2D eigenvalue weighted by Crippen LogP contribution is -2.41. The summed E-state index contributed by atoms with van der Waals surface area (Å²) in [5, 5.41) is 26.7. The fraction of sp³-hybridized carbons (Fsp3) is 0.297. The van der Waals surface area contributed by atoms with Crippen LogP contribution in [0, 0.1) is 11.3 Å². The molecule has 0 saturated carbocycles. The summed E-state index contributed by atoms with van der Waals surface area (Å²) in [5.74, 6) is 0.136. The van der Waals surface area contributed by atoms with E-state index >= 15 is 0 Å². The Morgan fingerprint density at radius 1 is 0.602 bits per heavy atom. The Labute approximate surface area is 708 Å². The van der Waals surface area contributed by atoms with E-state index in [1.807, 2.05) is 115 Å². The van der Waals surface area contributed by atoms with Crippen LogP contribution in [0.5, 0.6) is 0 Å². The number of H-pyrrole nitrogens is 4. The van der Waals surface area contributed by atoms with Gasteiger partial charge in [-0.3, -0.25) is 66.7 Å². The van der Waals surface area contributed by atoms with Gasteiger partial charge in [-0.2, -0.15) is 5.26 Å². The van der Waals surface area contributed by atoms with Crippen molar-refractivity contribution in [3.8, 4) is 6.07 Å². The Hall–Kier alpha value is -11.0. The van der Waals surface area contributed by atoms with Crippen molar-refractivity contribution in [1.29, 1.82) is 5.26 Å². The van der Waals surface area contributed by atoms with Crippen LogP contribution in [0.15, 0.2) is 175 Å². The van der Waals surface area contributed by atoms with Crippen LogP contribution in [0.1, 0.15) is 104 Å². The lowest BCUT2D eigenvalue weighted by molar-refractivity contribution is 0.0509. The normalized spacial score (nSPS) is 12.7. The van der Waals surface area contributed by atoms with Gasteiger partial charge in [0, 0.05) is 83.5 Å². The highest BCUT2D eigenvalue weighted by molar-refractivity contribution is 8.14. The number of carbonyl (C=O) groups is 5.